The van der Waals surface area contributed by atoms with E-state index >= 15 is 0 Å². The number of aromatic nitrogens is 3. The Morgan fingerprint density at radius 3 is 2.71 bits per heavy atom. The zero-order chi connectivity index (χ0) is 14.8. The lowest BCUT2D eigenvalue weighted by Crippen LogP contribution is -2.18. The summed E-state index contributed by atoms with van der Waals surface area (Å²) in [6.45, 7) is 4.60. The number of hydrogen-bond donors (Lipinski definition) is 1. The van der Waals surface area contributed by atoms with Crippen LogP contribution in [0, 0.1) is 23.2 Å². The van der Waals surface area contributed by atoms with Gasteiger partial charge in [0.25, 0.3) is 5.89 Å². The van der Waals surface area contributed by atoms with Crippen molar-refractivity contribution in [1.82, 2.24) is 15.1 Å². The van der Waals surface area contributed by atoms with E-state index in [1.165, 1.54) is 12.8 Å². The second kappa shape index (κ2) is 5.72. The molecule has 2 aromatic rings. The first kappa shape index (κ1) is 13.9. The Bertz CT molecular complexity index is 641. The molecular formula is C16H20N4O. The predicted molar refractivity (Wildman–Crippen MR) is 78.3 cm³/mol. The van der Waals surface area contributed by atoms with Crippen molar-refractivity contribution in [2.45, 2.75) is 45.4 Å². The molecule has 0 aromatic carbocycles. The van der Waals surface area contributed by atoms with Gasteiger partial charge in [-0.05, 0) is 43.6 Å². The zero-order valence-corrected chi connectivity index (χ0v) is 12.5. The fraction of sp³-hybridized carbons (Fsp3) is 0.562. The van der Waals surface area contributed by atoms with Crippen LogP contribution in [-0.2, 0) is 0 Å². The van der Waals surface area contributed by atoms with Crippen LogP contribution in [0.25, 0.3) is 11.5 Å². The van der Waals surface area contributed by atoms with E-state index in [-0.39, 0.29) is 0 Å². The Balaban J connectivity index is 1.70. The third-order valence-corrected chi connectivity index (χ3v) is 4.57. The summed E-state index contributed by atoms with van der Waals surface area (Å²) in [5.74, 6) is 3.30. The molecule has 0 unspecified atom stereocenters. The molecule has 1 fully saturated rings. The molecule has 2 heterocycles. The van der Waals surface area contributed by atoms with E-state index in [0.717, 1.165) is 36.1 Å². The third kappa shape index (κ3) is 2.85. The van der Waals surface area contributed by atoms with Crippen molar-refractivity contribution in [3.8, 4) is 17.5 Å². The van der Waals surface area contributed by atoms with Gasteiger partial charge in [-0.15, -0.1) is 0 Å². The number of nitriles is 1. The first-order valence-electron chi connectivity index (χ1n) is 7.60. The molecule has 5 heteroatoms. The van der Waals surface area contributed by atoms with Gasteiger partial charge in [-0.1, -0.05) is 19.0 Å². The fourth-order valence-corrected chi connectivity index (χ4v) is 3.14. The van der Waals surface area contributed by atoms with Crippen LogP contribution in [0.5, 0.6) is 0 Å². The number of nitrogens with zero attached hydrogens (tertiary/aromatic N) is 3. The van der Waals surface area contributed by atoms with Gasteiger partial charge in [-0.3, -0.25) is 0 Å². The minimum Gasteiger partial charge on any atom is -0.352 e. The summed E-state index contributed by atoms with van der Waals surface area (Å²) in [6.07, 6.45) is 6.49. The van der Waals surface area contributed by atoms with Gasteiger partial charge in [0.1, 0.15) is 11.8 Å². The highest BCUT2D eigenvalue weighted by Gasteiger charge is 2.27. The van der Waals surface area contributed by atoms with Gasteiger partial charge in [0, 0.05) is 12.1 Å². The maximum atomic E-state index is 8.83. The van der Waals surface area contributed by atoms with Crippen molar-refractivity contribution < 1.29 is 4.52 Å². The molecule has 1 saturated carbocycles. The Hall–Kier alpha value is -2.09. The standard InChI is InChI=1S/C16H20N4O/c1-10(2)11-3-5-12(6-4-11)15-19-16(21-20-15)13-7-14(8-17)18-9-13/h7,9-12,18H,3-6H2,1-2H3. The molecule has 0 aliphatic heterocycles. The Morgan fingerprint density at radius 2 is 2.10 bits per heavy atom. The maximum Gasteiger partial charge on any atom is 0.259 e. The molecule has 0 radical (unpaired) electrons. The number of aromatic amines is 1. The van der Waals surface area contributed by atoms with Crippen LogP contribution in [0.4, 0.5) is 0 Å². The molecule has 3 rings (SSSR count). The number of nitrogens with one attached hydrogen (secondary N) is 1. The van der Waals surface area contributed by atoms with E-state index in [4.69, 9.17) is 9.78 Å². The molecule has 5 nitrogen and oxygen atoms in total. The van der Waals surface area contributed by atoms with Gasteiger partial charge >= 0.3 is 0 Å². The molecule has 2 aromatic heterocycles. The highest BCUT2D eigenvalue weighted by molar-refractivity contribution is 5.54. The van der Waals surface area contributed by atoms with Gasteiger partial charge in [-0.25, -0.2) is 0 Å². The summed E-state index contributed by atoms with van der Waals surface area (Å²) < 4.78 is 5.35. The largest absolute Gasteiger partial charge is 0.352 e. The average Bonchev–Trinajstić information content (AvgIpc) is 3.16. The van der Waals surface area contributed by atoms with Crippen molar-refractivity contribution in [1.29, 1.82) is 5.26 Å². The summed E-state index contributed by atoms with van der Waals surface area (Å²) in [5, 5.41) is 13.0. The van der Waals surface area contributed by atoms with Crippen LogP contribution in [0.1, 0.15) is 57.0 Å². The molecule has 0 saturated heterocycles. The average molecular weight is 284 g/mol. The van der Waals surface area contributed by atoms with Crippen LogP contribution in [0.15, 0.2) is 16.8 Å². The van der Waals surface area contributed by atoms with Crippen LogP contribution in [0.3, 0.4) is 0 Å². The third-order valence-electron chi connectivity index (χ3n) is 4.57. The lowest BCUT2D eigenvalue weighted by molar-refractivity contribution is 0.252. The molecule has 1 aliphatic carbocycles. The van der Waals surface area contributed by atoms with Gasteiger partial charge in [-0.2, -0.15) is 10.2 Å². The molecule has 0 bridgehead atoms. The second-order valence-corrected chi connectivity index (χ2v) is 6.23. The fourth-order valence-electron chi connectivity index (χ4n) is 3.14. The summed E-state index contributed by atoms with van der Waals surface area (Å²) in [6, 6.07) is 3.79. The monoisotopic (exact) mass is 284 g/mol. The zero-order valence-electron chi connectivity index (χ0n) is 12.5. The number of rotatable bonds is 3. The van der Waals surface area contributed by atoms with Gasteiger partial charge in [0.2, 0.25) is 0 Å². The van der Waals surface area contributed by atoms with Crippen LogP contribution >= 0.6 is 0 Å². The summed E-state index contributed by atoms with van der Waals surface area (Å²) >= 11 is 0. The predicted octanol–water partition coefficient (Wildman–Crippen LogP) is 3.87. The van der Waals surface area contributed by atoms with Crippen molar-refractivity contribution >= 4 is 0 Å². The Labute approximate surface area is 124 Å². The normalized spacial score (nSPS) is 22.4. The molecule has 0 spiro atoms. The van der Waals surface area contributed by atoms with Gasteiger partial charge in [0.15, 0.2) is 5.82 Å². The van der Waals surface area contributed by atoms with Crippen molar-refractivity contribution in [2.24, 2.45) is 11.8 Å². The van der Waals surface area contributed by atoms with E-state index in [9.17, 15) is 0 Å². The molecule has 0 atom stereocenters. The minimum absolute atomic E-state index is 0.409. The van der Waals surface area contributed by atoms with E-state index in [2.05, 4.69) is 35.0 Å². The van der Waals surface area contributed by atoms with E-state index in [1.54, 1.807) is 12.3 Å². The summed E-state index contributed by atoms with van der Waals surface area (Å²) in [7, 11) is 0. The topological polar surface area (TPSA) is 78.5 Å². The van der Waals surface area contributed by atoms with Crippen LogP contribution < -0.4 is 0 Å². The Kier molecular flexibility index (Phi) is 3.78. The maximum absolute atomic E-state index is 8.83. The van der Waals surface area contributed by atoms with E-state index in [0.29, 0.717) is 17.5 Å². The van der Waals surface area contributed by atoms with Crippen LogP contribution in [-0.4, -0.2) is 15.1 Å². The minimum atomic E-state index is 0.409. The quantitative estimate of drug-likeness (QED) is 0.928. The van der Waals surface area contributed by atoms with Crippen molar-refractivity contribution in [3.05, 3.63) is 23.8 Å². The lowest BCUT2D eigenvalue weighted by atomic mass is 9.77. The molecular weight excluding hydrogens is 264 g/mol. The van der Waals surface area contributed by atoms with Crippen molar-refractivity contribution in [3.63, 3.8) is 0 Å². The van der Waals surface area contributed by atoms with E-state index in [1.807, 2.05) is 0 Å². The molecule has 110 valence electrons. The van der Waals surface area contributed by atoms with Gasteiger partial charge < -0.3 is 9.51 Å². The second-order valence-electron chi connectivity index (χ2n) is 6.23. The highest BCUT2D eigenvalue weighted by atomic mass is 16.5. The van der Waals surface area contributed by atoms with Crippen LogP contribution in [0.2, 0.25) is 0 Å². The summed E-state index contributed by atoms with van der Waals surface area (Å²) in [4.78, 5) is 7.39. The first-order valence-corrected chi connectivity index (χ1v) is 7.60. The van der Waals surface area contributed by atoms with Crippen molar-refractivity contribution in [2.75, 3.05) is 0 Å². The first-order chi connectivity index (χ1) is 10.2. The van der Waals surface area contributed by atoms with Gasteiger partial charge in [0.05, 0.1) is 5.56 Å². The molecule has 0 amide bonds. The number of hydrogen-bond acceptors (Lipinski definition) is 4. The number of H-pyrrole nitrogens is 1. The smallest absolute Gasteiger partial charge is 0.259 e. The molecule has 21 heavy (non-hydrogen) atoms. The highest BCUT2D eigenvalue weighted by Crippen LogP contribution is 2.38. The van der Waals surface area contributed by atoms with E-state index < -0.39 is 0 Å². The summed E-state index contributed by atoms with van der Waals surface area (Å²) in [5.41, 5.74) is 1.28. The lowest BCUT2D eigenvalue weighted by Gasteiger charge is -2.29. The SMILES string of the molecule is CC(C)C1CCC(c2noc(-c3c[nH]c(C#N)c3)n2)CC1. The molecule has 1 aliphatic rings. The molecule has 1 N–H and O–H groups in total. The Morgan fingerprint density at radius 1 is 1.33 bits per heavy atom.